The van der Waals surface area contributed by atoms with Gasteiger partial charge in [-0.05, 0) is 63.5 Å². The molecule has 0 radical (unpaired) electrons. The molecule has 1 saturated heterocycles. The van der Waals surface area contributed by atoms with Crippen LogP contribution in [0.15, 0.2) is 29.2 Å². The summed E-state index contributed by atoms with van der Waals surface area (Å²) in [6.45, 7) is 12.4. The molecular formula is C30H42F2N6O2. The van der Waals surface area contributed by atoms with Crippen LogP contribution >= 0.6 is 0 Å². The van der Waals surface area contributed by atoms with Crippen molar-refractivity contribution in [1.82, 2.24) is 24.3 Å². The van der Waals surface area contributed by atoms with E-state index < -0.39 is 12.5 Å². The van der Waals surface area contributed by atoms with Crippen molar-refractivity contribution < 1.29 is 13.9 Å². The van der Waals surface area contributed by atoms with E-state index in [2.05, 4.69) is 51.9 Å². The van der Waals surface area contributed by atoms with Crippen LogP contribution in [0.1, 0.15) is 71.4 Å². The Morgan fingerprint density at radius 3 is 2.38 bits per heavy atom. The lowest BCUT2D eigenvalue weighted by Gasteiger charge is -2.42. The van der Waals surface area contributed by atoms with E-state index in [1.807, 2.05) is 12.1 Å². The zero-order chi connectivity index (χ0) is 28.7. The van der Waals surface area contributed by atoms with Crippen molar-refractivity contribution in [3.63, 3.8) is 0 Å². The van der Waals surface area contributed by atoms with E-state index in [4.69, 9.17) is 0 Å². The highest BCUT2D eigenvalue weighted by molar-refractivity contribution is 6.04. The molecule has 0 unspecified atom stereocenters. The van der Waals surface area contributed by atoms with Gasteiger partial charge in [-0.2, -0.15) is 4.98 Å². The number of benzene rings is 1. The molecule has 218 valence electrons. The van der Waals surface area contributed by atoms with Crippen molar-refractivity contribution >= 4 is 27.8 Å². The minimum absolute atomic E-state index is 0.0787. The predicted molar refractivity (Wildman–Crippen MR) is 155 cm³/mol. The second-order valence-electron chi connectivity index (χ2n) is 12.4. The number of anilines is 1. The third kappa shape index (κ3) is 6.14. The van der Waals surface area contributed by atoms with Crippen LogP contribution in [0.25, 0.3) is 21.8 Å². The molecule has 8 nitrogen and oxygen atoms in total. The quantitative estimate of drug-likeness (QED) is 0.405. The molecule has 2 fully saturated rings. The zero-order valence-corrected chi connectivity index (χ0v) is 24.1. The maximum absolute atomic E-state index is 14.1. The number of nitrogens with one attached hydrogen (secondary N) is 1. The van der Waals surface area contributed by atoms with E-state index in [9.17, 15) is 18.7 Å². The number of nitrogens with zero attached hydrogens (tertiary/aromatic N) is 5. The van der Waals surface area contributed by atoms with Crippen LogP contribution in [-0.2, 0) is 6.54 Å². The van der Waals surface area contributed by atoms with Gasteiger partial charge in [0.05, 0.1) is 12.6 Å². The number of fused-ring (bicyclic) bond motifs is 3. The summed E-state index contributed by atoms with van der Waals surface area (Å²) < 4.78 is 29.5. The van der Waals surface area contributed by atoms with Gasteiger partial charge in [-0.3, -0.25) is 19.2 Å². The molecule has 0 atom stereocenters. The molecule has 2 aromatic heterocycles. The number of aromatic nitrogens is 3. The molecule has 1 aliphatic heterocycles. The number of aliphatic hydroxyl groups is 1. The minimum Gasteiger partial charge on any atom is -0.393 e. The molecule has 0 amide bonds. The van der Waals surface area contributed by atoms with Gasteiger partial charge in [0, 0.05) is 67.7 Å². The second-order valence-corrected chi connectivity index (χ2v) is 12.4. The maximum atomic E-state index is 14.1. The number of piperazine rings is 1. The van der Waals surface area contributed by atoms with Crippen LogP contribution in [0.2, 0.25) is 0 Å². The Morgan fingerprint density at radius 1 is 1.02 bits per heavy atom. The third-order valence-corrected chi connectivity index (χ3v) is 8.60. The van der Waals surface area contributed by atoms with Crippen molar-refractivity contribution in [2.75, 3.05) is 38.0 Å². The average Bonchev–Trinajstić information content (AvgIpc) is 2.93. The summed E-state index contributed by atoms with van der Waals surface area (Å²) in [7, 11) is 0. The fraction of sp³-hybridized carbons (Fsp3) is 0.633. The number of alkyl halides is 2. The van der Waals surface area contributed by atoms with Gasteiger partial charge in [-0.1, -0.05) is 19.1 Å². The van der Waals surface area contributed by atoms with Crippen molar-refractivity contribution in [2.24, 2.45) is 0 Å². The lowest BCUT2D eigenvalue weighted by molar-refractivity contribution is 0.0114. The predicted octanol–water partition coefficient (Wildman–Crippen LogP) is 4.79. The SMILES string of the molecule is CCC(F)(F)CNc1ncc2c3ccc(CN4CCN(C(C)(C)C)CC4)cc3c(=O)n([C@H]3CC[C@H](O)CC3)c2n1. The standard InChI is InChI=1S/C30H42F2N6O2/c1-5-30(31,32)19-34-28-33-17-25-23-11-6-20(18-36-12-14-37(15-13-36)29(2,3)4)16-24(23)27(40)38(26(25)35-28)21-7-9-22(39)10-8-21/h6,11,16-17,21-22,39H,5,7-10,12-15,18-19H2,1-4H3,(H,33,34,35)/t21-,22-. The molecule has 2 aliphatic rings. The van der Waals surface area contributed by atoms with Crippen LogP contribution in [0.5, 0.6) is 0 Å². The summed E-state index contributed by atoms with van der Waals surface area (Å²) in [6.07, 6.45) is 3.50. The number of pyridine rings is 1. The van der Waals surface area contributed by atoms with Crippen LogP contribution in [-0.4, -0.2) is 79.7 Å². The first-order valence-electron chi connectivity index (χ1n) is 14.6. The van der Waals surface area contributed by atoms with Gasteiger partial charge in [0.15, 0.2) is 0 Å². The molecule has 1 aromatic carbocycles. The molecule has 5 rings (SSSR count). The minimum atomic E-state index is -2.88. The fourth-order valence-electron chi connectivity index (χ4n) is 5.98. The summed E-state index contributed by atoms with van der Waals surface area (Å²) in [5.74, 6) is -2.80. The molecule has 1 aliphatic carbocycles. The first-order chi connectivity index (χ1) is 18.9. The summed E-state index contributed by atoms with van der Waals surface area (Å²) in [5, 5.41) is 14.9. The number of aliphatic hydroxyl groups excluding tert-OH is 1. The molecule has 3 heterocycles. The monoisotopic (exact) mass is 556 g/mol. The Bertz CT molecular complexity index is 1400. The molecule has 0 bridgehead atoms. The summed E-state index contributed by atoms with van der Waals surface area (Å²) in [4.78, 5) is 27.9. The van der Waals surface area contributed by atoms with E-state index in [1.54, 1.807) is 10.8 Å². The van der Waals surface area contributed by atoms with Gasteiger partial charge in [-0.15, -0.1) is 0 Å². The highest BCUT2D eigenvalue weighted by atomic mass is 19.3. The highest BCUT2D eigenvalue weighted by Gasteiger charge is 2.29. The summed E-state index contributed by atoms with van der Waals surface area (Å²) in [5.41, 5.74) is 1.55. The van der Waals surface area contributed by atoms with Crippen molar-refractivity contribution in [1.29, 1.82) is 0 Å². The van der Waals surface area contributed by atoms with Gasteiger partial charge in [0.25, 0.3) is 11.5 Å². The van der Waals surface area contributed by atoms with E-state index in [0.29, 0.717) is 36.7 Å². The van der Waals surface area contributed by atoms with E-state index in [0.717, 1.165) is 49.1 Å². The molecular weight excluding hydrogens is 514 g/mol. The topological polar surface area (TPSA) is 86.5 Å². The maximum Gasteiger partial charge on any atom is 0.264 e. The number of rotatable bonds is 7. The molecule has 10 heteroatoms. The van der Waals surface area contributed by atoms with Gasteiger partial charge in [-0.25, -0.2) is 13.8 Å². The molecule has 2 N–H and O–H groups in total. The Kier molecular flexibility index (Phi) is 8.14. The average molecular weight is 557 g/mol. The van der Waals surface area contributed by atoms with E-state index in [-0.39, 0.29) is 35.6 Å². The first kappa shape index (κ1) is 28.8. The Morgan fingerprint density at radius 2 is 1.73 bits per heavy atom. The van der Waals surface area contributed by atoms with Crippen LogP contribution in [0.3, 0.4) is 0 Å². The Hall–Kier alpha value is -2.69. The lowest BCUT2D eigenvalue weighted by Crippen LogP contribution is -2.53. The van der Waals surface area contributed by atoms with Crippen LogP contribution in [0, 0.1) is 0 Å². The van der Waals surface area contributed by atoms with Crippen LogP contribution < -0.4 is 10.9 Å². The fourth-order valence-corrected chi connectivity index (χ4v) is 5.98. The van der Waals surface area contributed by atoms with Gasteiger partial charge in [0.1, 0.15) is 5.65 Å². The van der Waals surface area contributed by atoms with Crippen molar-refractivity contribution in [3.8, 4) is 0 Å². The smallest absolute Gasteiger partial charge is 0.264 e. The van der Waals surface area contributed by atoms with Gasteiger partial charge in [0.2, 0.25) is 5.95 Å². The molecule has 1 saturated carbocycles. The molecule has 40 heavy (non-hydrogen) atoms. The van der Waals surface area contributed by atoms with Crippen LogP contribution in [0.4, 0.5) is 14.7 Å². The zero-order valence-electron chi connectivity index (χ0n) is 24.1. The number of hydrogen-bond donors (Lipinski definition) is 2. The first-order valence-corrected chi connectivity index (χ1v) is 14.6. The molecule has 3 aromatic rings. The number of halogens is 2. The van der Waals surface area contributed by atoms with Gasteiger partial charge < -0.3 is 10.4 Å². The van der Waals surface area contributed by atoms with Crippen molar-refractivity contribution in [2.45, 2.75) is 90.0 Å². The largest absolute Gasteiger partial charge is 0.393 e. The molecule has 0 spiro atoms. The van der Waals surface area contributed by atoms with E-state index >= 15 is 0 Å². The summed E-state index contributed by atoms with van der Waals surface area (Å²) >= 11 is 0. The lowest BCUT2D eigenvalue weighted by atomic mass is 9.92. The second kappa shape index (κ2) is 11.3. The van der Waals surface area contributed by atoms with E-state index in [1.165, 1.54) is 6.92 Å². The highest BCUT2D eigenvalue weighted by Crippen LogP contribution is 2.32. The third-order valence-electron chi connectivity index (χ3n) is 8.60. The summed E-state index contributed by atoms with van der Waals surface area (Å²) in [6, 6.07) is 5.90. The Labute approximate surface area is 234 Å². The Balaban J connectivity index is 1.51. The van der Waals surface area contributed by atoms with Gasteiger partial charge >= 0.3 is 0 Å². The van der Waals surface area contributed by atoms with Crippen molar-refractivity contribution in [3.05, 3.63) is 40.3 Å². The number of hydrogen-bond acceptors (Lipinski definition) is 7. The normalized spacial score (nSPS) is 21.8.